The van der Waals surface area contributed by atoms with E-state index >= 15 is 0 Å². The highest BCUT2D eigenvalue weighted by Gasteiger charge is 2.21. The average Bonchev–Trinajstić information content (AvgIpc) is 2.55. The van der Waals surface area contributed by atoms with Crippen LogP contribution in [0.15, 0.2) is 42.5 Å². The number of aryl methyl sites for hydroxylation is 1. The van der Waals surface area contributed by atoms with Crippen molar-refractivity contribution in [2.45, 2.75) is 6.92 Å². The first-order valence-corrected chi connectivity index (χ1v) is 6.14. The van der Waals surface area contributed by atoms with Crippen molar-refractivity contribution in [2.75, 3.05) is 4.90 Å². The third-order valence-electron chi connectivity index (χ3n) is 3.26. The molecule has 2 N–H and O–H groups in total. The van der Waals surface area contributed by atoms with Gasteiger partial charge in [0.05, 0.1) is 11.4 Å². The lowest BCUT2D eigenvalue weighted by Gasteiger charge is -2.22. The van der Waals surface area contributed by atoms with Gasteiger partial charge in [-0.3, -0.25) is 4.90 Å². The molecule has 0 bridgehead atoms. The highest BCUT2D eigenvalue weighted by Crippen LogP contribution is 2.36. The number of primary amides is 1. The number of nitrogens with two attached hydrogens (primary N) is 1. The maximum absolute atomic E-state index is 11.8. The molecule has 0 spiro atoms. The highest BCUT2D eigenvalue weighted by atomic mass is 16.2. The van der Waals surface area contributed by atoms with Crippen LogP contribution >= 0.6 is 0 Å². The van der Waals surface area contributed by atoms with Crippen LogP contribution in [0.2, 0.25) is 0 Å². The van der Waals surface area contributed by atoms with E-state index in [-0.39, 0.29) is 0 Å². The lowest BCUT2D eigenvalue weighted by atomic mass is 10.1. The second-order valence-corrected chi connectivity index (χ2v) is 4.63. The number of hydrogen-bond donors (Lipinski definition) is 1. The summed E-state index contributed by atoms with van der Waals surface area (Å²) in [5.41, 5.74) is 10.3. The van der Waals surface area contributed by atoms with Gasteiger partial charge in [-0.05, 0) is 36.2 Å². The Kier molecular flexibility index (Phi) is 2.60. The van der Waals surface area contributed by atoms with E-state index in [9.17, 15) is 4.79 Å². The first kappa shape index (κ1) is 11.5. The summed E-state index contributed by atoms with van der Waals surface area (Å²) in [5.74, 6) is 0. The van der Waals surface area contributed by atoms with Gasteiger partial charge in [0.1, 0.15) is 0 Å². The van der Waals surface area contributed by atoms with Gasteiger partial charge in [-0.2, -0.15) is 0 Å². The van der Waals surface area contributed by atoms with E-state index in [1.807, 2.05) is 61.5 Å². The number of hydrogen-bond acceptors (Lipinski definition) is 1. The van der Waals surface area contributed by atoms with Crippen molar-refractivity contribution in [3.8, 4) is 0 Å². The van der Waals surface area contributed by atoms with Crippen molar-refractivity contribution in [1.29, 1.82) is 0 Å². The summed E-state index contributed by atoms with van der Waals surface area (Å²) < 4.78 is 0. The number of anilines is 2. The maximum Gasteiger partial charge on any atom is 0.323 e. The van der Waals surface area contributed by atoms with Gasteiger partial charge in [0.15, 0.2) is 0 Å². The van der Waals surface area contributed by atoms with Crippen LogP contribution in [0, 0.1) is 6.92 Å². The third-order valence-corrected chi connectivity index (χ3v) is 3.26. The molecule has 0 atom stereocenters. The van der Waals surface area contributed by atoms with E-state index in [1.165, 1.54) is 0 Å². The summed E-state index contributed by atoms with van der Waals surface area (Å²) in [5, 5.41) is 0. The summed E-state index contributed by atoms with van der Waals surface area (Å²) in [6.45, 7) is 2.03. The summed E-state index contributed by atoms with van der Waals surface area (Å²) >= 11 is 0. The maximum atomic E-state index is 11.8. The monoisotopic (exact) mass is 250 g/mol. The van der Waals surface area contributed by atoms with Gasteiger partial charge < -0.3 is 5.73 Å². The second kappa shape index (κ2) is 4.28. The minimum atomic E-state index is -0.471. The van der Waals surface area contributed by atoms with Crippen LogP contribution in [0.5, 0.6) is 0 Å². The van der Waals surface area contributed by atoms with Crippen molar-refractivity contribution in [3.05, 3.63) is 59.2 Å². The van der Waals surface area contributed by atoms with E-state index in [0.29, 0.717) is 0 Å². The van der Waals surface area contributed by atoms with Crippen molar-refractivity contribution in [3.63, 3.8) is 0 Å². The molecule has 1 aliphatic heterocycles. The average molecular weight is 250 g/mol. The molecule has 0 aliphatic carbocycles. The number of amides is 2. The number of nitrogens with zero attached hydrogens (tertiary/aromatic N) is 1. The lowest BCUT2D eigenvalue weighted by molar-refractivity contribution is 0.256. The molecular formula is C16H14N2O. The van der Waals surface area contributed by atoms with Gasteiger partial charge in [0.25, 0.3) is 0 Å². The topological polar surface area (TPSA) is 46.3 Å². The van der Waals surface area contributed by atoms with Crippen LogP contribution in [0.4, 0.5) is 16.2 Å². The molecule has 3 rings (SSSR count). The predicted molar refractivity (Wildman–Crippen MR) is 78.3 cm³/mol. The molecule has 3 heteroatoms. The van der Waals surface area contributed by atoms with Crippen LogP contribution in [-0.2, 0) is 0 Å². The van der Waals surface area contributed by atoms with E-state index in [2.05, 4.69) is 0 Å². The molecule has 0 unspecified atom stereocenters. The number of carbonyl (C=O) groups excluding carboxylic acids is 1. The first-order chi connectivity index (χ1) is 9.16. The van der Waals surface area contributed by atoms with E-state index < -0.39 is 6.03 Å². The van der Waals surface area contributed by atoms with Gasteiger partial charge in [-0.1, -0.05) is 42.0 Å². The zero-order chi connectivity index (χ0) is 13.4. The van der Waals surface area contributed by atoms with Gasteiger partial charge in [0.2, 0.25) is 0 Å². The molecule has 2 aromatic rings. The molecular weight excluding hydrogens is 236 g/mol. The smallest absolute Gasteiger partial charge is 0.323 e. The number of para-hydroxylation sites is 1. The molecule has 94 valence electrons. The second-order valence-electron chi connectivity index (χ2n) is 4.63. The zero-order valence-electron chi connectivity index (χ0n) is 10.6. The number of urea groups is 1. The summed E-state index contributed by atoms with van der Waals surface area (Å²) in [6.07, 6.45) is 4.03. The highest BCUT2D eigenvalue weighted by molar-refractivity contribution is 6.04. The minimum Gasteiger partial charge on any atom is -0.351 e. The largest absolute Gasteiger partial charge is 0.351 e. The van der Waals surface area contributed by atoms with Crippen LogP contribution < -0.4 is 10.6 Å². The molecule has 3 nitrogen and oxygen atoms in total. The Morgan fingerprint density at radius 1 is 1.00 bits per heavy atom. The van der Waals surface area contributed by atoms with Crippen LogP contribution in [0.3, 0.4) is 0 Å². The fourth-order valence-electron chi connectivity index (χ4n) is 2.39. The first-order valence-electron chi connectivity index (χ1n) is 6.14. The molecule has 2 aromatic carbocycles. The fourth-order valence-corrected chi connectivity index (χ4v) is 2.39. The van der Waals surface area contributed by atoms with Crippen molar-refractivity contribution in [2.24, 2.45) is 5.73 Å². The lowest BCUT2D eigenvalue weighted by Crippen LogP contribution is -2.32. The van der Waals surface area contributed by atoms with E-state index in [4.69, 9.17) is 5.73 Å². The molecule has 1 heterocycles. The Balaban J connectivity index is 2.30. The Morgan fingerprint density at radius 3 is 2.47 bits per heavy atom. The van der Waals surface area contributed by atoms with Crippen molar-refractivity contribution < 1.29 is 4.79 Å². The normalized spacial score (nSPS) is 12.6. The molecule has 0 fully saturated rings. The van der Waals surface area contributed by atoms with E-state index in [1.54, 1.807) is 4.90 Å². The van der Waals surface area contributed by atoms with Crippen LogP contribution in [-0.4, -0.2) is 6.03 Å². The molecule has 0 saturated heterocycles. The van der Waals surface area contributed by atoms with Crippen LogP contribution in [0.1, 0.15) is 16.7 Å². The van der Waals surface area contributed by atoms with E-state index in [0.717, 1.165) is 28.1 Å². The summed E-state index contributed by atoms with van der Waals surface area (Å²) in [4.78, 5) is 13.4. The van der Waals surface area contributed by atoms with Crippen molar-refractivity contribution >= 4 is 29.6 Å². The Morgan fingerprint density at radius 2 is 1.68 bits per heavy atom. The predicted octanol–water partition coefficient (Wildman–Crippen LogP) is 3.70. The zero-order valence-corrected chi connectivity index (χ0v) is 10.6. The molecule has 0 radical (unpaired) electrons. The molecule has 1 aliphatic rings. The Bertz CT molecular complexity index is 689. The third kappa shape index (κ3) is 1.89. The summed E-state index contributed by atoms with van der Waals surface area (Å²) in [7, 11) is 0. The van der Waals surface area contributed by atoms with Gasteiger partial charge >= 0.3 is 6.03 Å². The van der Waals surface area contributed by atoms with Crippen LogP contribution in [0.25, 0.3) is 12.2 Å². The SMILES string of the molecule is Cc1ccc2c(c1)C=Cc1ccccc1N2C(N)=O. The minimum absolute atomic E-state index is 0.471. The number of carbonyl (C=O) groups is 1. The van der Waals surface area contributed by atoms with Gasteiger partial charge in [-0.15, -0.1) is 0 Å². The number of benzene rings is 2. The number of rotatable bonds is 0. The standard InChI is InChI=1S/C16H14N2O/c1-11-6-9-15-13(10-11)8-7-12-4-2-3-5-14(12)18(15)16(17)19/h2-10H,1H3,(H2,17,19). The fraction of sp³-hybridized carbons (Fsp3) is 0.0625. The quantitative estimate of drug-likeness (QED) is 0.761. The van der Waals surface area contributed by atoms with Crippen molar-refractivity contribution in [1.82, 2.24) is 0 Å². The summed E-state index contributed by atoms with van der Waals surface area (Å²) in [6, 6.07) is 13.2. The molecule has 0 saturated carbocycles. The Labute approximate surface area is 112 Å². The number of fused-ring (bicyclic) bond motifs is 2. The molecule has 19 heavy (non-hydrogen) atoms. The van der Waals surface area contributed by atoms with Gasteiger partial charge in [-0.25, -0.2) is 4.79 Å². The van der Waals surface area contributed by atoms with Gasteiger partial charge in [0, 0.05) is 0 Å². The molecule has 2 amide bonds. The molecule has 0 aromatic heterocycles. The Hall–Kier alpha value is -2.55.